The molecule has 0 heterocycles. The van der Waals surface area contributed by atoms with Gasteiger partial charge in [-0.3, -0.25) is 9.69 Å². The van der Waals surface area contributed by atoms with Gasteiger partial charge in [0.15, 0.2) is 6.10 Å². The molecule has 0 aliphatic carbocycles. The lowest BCUT2D eigenvalue weighted by atomic mass is 10.1. The normalized spacial score (nSPS) is 13.3. The molecule has 0 saturated heterocycles. The Bertz CT molecular complexity index is 503. The number of amides is 1. The zero-order valence-corrected chi connectivity index (χ0v) is 12.2. The van der Waals surface area contributed by atoms with Gasteiger partial charge in [0.2, 0.25) is 5.91 Å². The van der Waals surface area contributed by atoms with Crippen molar-refractivity contribution < 1.29 is 23.1 Å². The smallest absolute Gasteiger partial charge is 0.382 e. The van der Waals surface area contributed by atoms with Crippen LogP contribution in [0.3, 0.4) is 0 Å². The molecule has 1 amide bonds. The SMILES string of the molecule is Cc1ccc(NC(=O)CN(C)CC(O)C(F)(F)F)cc1C. The highest BCUT2D eigenvalue weighted by Crippen LogP contribution is 2.20. The van der Waals surface area contributed by atoms with E-state index in [-0.39, 0.29) is 6.54 Å². The molecule has 1 aromatic carbocycles. The minimum absolute atomic E-state index is 0.236. The minimum Gasteiger partial charge on any atom is -0.382 e. The monoisotopic (exact) mass is 304 g/mol. The van der Waals surface area contributed by atoms with Crippen molar-refractivity contribution in [3.63, 3.8) is 0 Å². The molecule has 1 unspecified atom stereocenters. The first-order chi connectivity index (χ1) is 9.59. The second-order valence-electron chi connectivity index (χ2n) is 5.10. The molecule has 0 spiro atoms. The fraction of sp³-hybridized carbons (Fsp3) is 0.500. The Labute approximate surface area is 121 Å². The number of aliphatic hydroxyl groups is 1. The number of carbonyl (C=O) groups is 1. The Morgan fingerprint density at radius 2 is 1.95 bits per heavy atom. The van der Waals surface area contributed by atoms with Crippen LogP contribution in [0.2, 0.25) is 0 Å². The van der Waals surface area contributed by atoms with Gasteiger partial charge < -0.3 is 10.4 Å². The number of carbonyl (C=O) groups excluding carboxylic acids is 1. The molecular formula is C14H19F3N2O2. The number of aliphatic hydroxyl groups excluding tert-OH is 1. The van der Waals surface area contributed by atoms with Gasteiger partial charge in [-0.15, -0.1) is 0 Å². The molecule has 2 N–H and O–H groups in total. The molecule has 7 heteroatoms. The summed E-state index contributed by atoms with van der Waals surface area (Å²) in [7, 11) is 1.34. The highest BCUT2D eigenvalue weighted by molar-refractivity contribution is 5.92. The number of halogens is 3. The topological polar surface area (TPSA) is 52.6 Å². The van der Waals surface area contributed by atoms with Gasteiger partial charge in [0.05, 0.1) is 6.54 Å². The van der Waals surface area contributed by atoms with Crippen LogP contribution in [0.15, 0.2) is 18.2 Å². The number of rotatable bonds is 5. The molecule has 1 atom stereocenters. The van der Waals surface area contributed by atoms with Gasteiger partial charge in [0.1, 0.15) is 0 Å². The number of aryl methyl sites for hydroxylation is 2. The first-order valence-electron chi connectivity index (χ1n) is 6.40. The number of likely N-dealkylation sites (N-methyl/N-ethyl adjacent to an activating group) is 1. The maximum atomic E-state index is 12.2. The summed E-state index contributed by atoms with van der Waals surface area (Å²) in [6.07, 6.45) is -7.14. The van der Waals surface area contributed by atoms with Crippen molar-refractivity contribution in [1.29, 1.82) is 0 Å². The van der Waals surface area contributed by atoms with Crippen LogP contribution in [0.4, 0.5) is 18.9 Å². The molecule has 1 rings (SSSR count). The van der Waals surface area contributed by atoms with Crippen LogP contribution in [0, 0.1) is 13.8 Å². The minimum atomic E-state index is -4.68. The molecule has 0 aromatic heterocycles. The average molecular weight is 304 g/mol. The predicted molar refractivity (Wildman–Crippen MR) is 74.1 cm³/mol. The van der Waals surface area contributed by atoms with Gasteiger partial charge in [-0.25, -0.2) is 0 Å². The van der Waals surface area contributed by atoms with Gasteiger partial charge in [0, 0.05) is 12.2 Å². The molecule has 0 radical (unpaired) electrons. The third-order valence-electron chi connectivity index (χ3n) is 3.07. The van der Waals surface area contributed by atoms with Gasteiger partial charge in [-0.2, -0.15) is 13.2 Å². The maximum Gasteiger partial charge on any atom is 0.415 e. The highest BCUT2D eigenvalue weighted by Gasteiger charge is 2.38. The number of nitrogens with zero attached hydrogens (tertiary/aromatic N) is 1. The van der Waals surface area contributed by atoms with Crippen LogP contribution in [0.1, 0.15) is 11.1 Å². The molecule has 0 fully saturated rings. The number of benzene rings is 1. The lowest BCUT2D eigenvalue weighted by Gasteiger charge is -2.21. The van der Waals surface area contributed by atoms with Crippen molar-refractivity contribution in [3.05, 3.63) is 29.3 Å². The molecule has 21 heavy (non-hydrogen) atoms. The van der Waals surface area contributed by atoms with Crippen LogP contribution in [-0.2, 0) is 4.79 Å². The maximum absolute atomic E-state index is 12.2. The molecule has 0 aliphatic heterocycles. The van der Waals surface area contributed by atoms with E-state index in [4.69, 9.17) is 5.11 Å². The van der Waals surface area contributed by atoms with E-state index in [9.17, 15) is 18.0 Å². The van der Waals surface area contributed by atoms with E-state index in [0.717, 1.165) is 16.0 Å². The summed E-state index contributed by atoms with van der Waals surface area (Å²) in [5, 5.41) is 11.5. The molecular weight excluding hydrogens is 285 g/mol. The van der Waals surface area contributed by atoms with E-state index in [0.29, 0.717) is 5.69 Å². The molecule has 1 aromatic rings. The largest absolute Gasteiger partial charge is 0.415 e. The summed E-state index contributed by atoms with van der Waals surface area (Å²) in [6.45, 7) is 2.95. The van der Waals surface area contributed by atoms with E-state index in [1.807, 2.05) is 19.9 Å². The molecule has 0 bridgehead atoms. The van der Waals surface area contributed by atoms with E-state index in [1.54, 1.807) is 12.1 Å². The third-order valence-corrected chi connectivity index (χ3v) is 3.07. The summed E-state index contributed by atoms with van der Waals surface area (Å²) in [4.78, 5) is 12.9. The third kappa shape index (κ3) is 5.73. The second kappa shape index (κ2) is 6.91. The molecule has 4 nitrogen and oxygen atoms in total. The first kappa shape index (κ1) is 17.5. The van der Waals surface area contributed by atoms with E-state index in [2.05, 4.69) is 5.32 Å². The lowest BCUT2D eigenvalue weighted by molar-refractivity contribution is -0.207. The Balaban J connectivity index is 2.51. The second-order valence-corrected chi connectivity index (χ2v) is 5.10. The van der Waals surface area contributed by atoms with Gasteiger partial charge in [-0.1, -0.05) is 6.07 Å². The van der Waals surface area contributed by atoms with Crippen molar-refractivity contribution in [2.45, 2.75) is 26.1 Å². The van der Waals surface area contributed by atoms with Crippen molar-refractivity contribution in [1.82, 2.24) is 4.90 Å². The Morgan fingerprint density at radius 1 is 1.33 bits per heavy atom. The molecule has 118 valence electrons. The summed E-state index contributed by atoms with van der Waals surface area (Å²) >= 11 is 0. The quantitative estimate of drug-likeness (QED) is 0.876. The fourth-order valence-corrected chi connectivity index (χ4v) is 1.73. The number of nitrogens with one attached hydrogen (secondary N) is 1. The van der Waals surface area contributed by atoms with Crippen molar-refractivity contribution in [2.75, 3.05) is 25.5 Å². The van der Waals surface area contributed by atoms with Crippen molar-refractivity contribution in [2.24, 2.45) is 0 Å². The van der Waals surface area contributed by atoms with Crippen LogP contribution in [0.25, 0.3) is 0 Å². The van der Waals surface area contributed by atoms with Crippen LogP contribution in [-0.4, -0.2) is 48.3 Å². The Kier molecular flexibility index (Phi) is 5.74. The van der Waals surface area contributed by atoms with Gasteiger partial charge >= 0.3 is 6.18 Å². The average Bonchev–Trinajstić information content (AvgIpc) is 2.32. The summed E-state index contributed by atoms with van der Waals surface area (Å²) in [5.41, 5.74) is 2.68. The summed E-state index contributed by atoms with van der Waals surface area (Å²) in [6, 6.07) is 5.37. The standard InChI is InChI=1S/C14H19F3N2O2/c1-9-4-5-11(6-10(9)2)18-13(21)8-19(3)7-12(20)14(15,16)17/h4-6,12,20H,7-8H2,1-3H3,(H,18,21). The van der Waals surface area contributed by atoms with Crippen molar-refractivity contribution in [3.8, 4) is 0 Å². The number of hydrogen-bond acceptors (Lipinski definition) is 3. The van der Waals surface area contributed by atoms with Crippen molar-refractivity contribution >= 4 is 11.6 Å². The molecule has 0 saturated carbocycles. The van der Waals surface area contributed by atoms with Gasteiger partial charge in [0.25, 0.3) is 0 Å². The van der Waals surface area contributed by atoms with Gasteiger partial charge in [-0.05, 0) is 44.2 Å². The van der Waals surface area contributed by atoms with E-state index in [1.165, 1.54) is 7.05 Å². The van der Waals surface area contributed by atoms with Crippen LogP contribution >= 0.6 is 0 Å². The zero-order valence-electron chi connectivity index (χ0n) is 12.2. The van der Waals surface area contributed by atoms with E-state index >= 15 is 0 Å². The Morgan fingerprint density at radius 3 is 2.48 bits per heavy atom. The van der Waals surface area contributed by atoms with Crippen LogP contribution < -0.4 is 5.32 Å². The number of hydrogen-bond donors (Lipinski definition) is 2. The number of alkyl halides is 3. The summed E-state index contributed by atoms with van der Waals surface area (Å²) < 4.78 is 36.6. The van der Waals surface area contributed by atoms with E-state index < -0.39 is 24.7 Å². The fourth-order valence-electron chi connectivity index (χ4n) is 1.73. The molecule has 0 aliphatic rings. The van der Waals surface area contributed by atoms with Crippen LogP contribution in [0.5, 0.6) is 0 Å². The zero-order chi connectivity index (χ0) is 16.2. The Hall–Kier alpha value is -1.60. The first-order valence-corrected chi connectivity index (χ1v) is 6.40. The predicted octanol–water partition coefficient (Wildman–Crippen LogP) is 2.10. The highest BCUT2D eigenvalue weighted by atomic mass is 19.4. The summed E-state index contributed by atoms with van der Waals surface area (Å²) in [5.74, 6) is -0.435. The lowest BCUT2D eigenvalue weighted by Crippen LogP contribution is -2.42. The number of anilines is 1.